The molecule has 1 aliphatic heterocycles. The molecule has 0 saturated carbocycles. The van der Waals surface area contributed by atoms with Crippen molar-refractivity contribution in [2.45, 2.75) is 30.8 Å². The minimum absolute atomic E-state index is 0.0175. The molecule has 1 heterocycles. The molecule has 9 heteroatoms. The number of nitrogens with one attached hydrogen (secondary N) is 1. The number of benzene rings is 3. The Morgan fingerprint density at radius 3 is 2.57 bits per heavy atom. The van der Waals surface area contributed by atoms with Crippen molar-refractivity contribution in [3.63, 3.8) is 0 Å². The summed E-state index contributed by atoms with van der Waals surface area (Å²) in [5, 5.41) is 2.67. The minimum atomic E-state index is -3.90. The molecule has 0 fully saturated rings. The molecule has 0 bridgehead atoms. The summed E-state index contributed by atoms with van der Waals surface area (Å²) >= 11 is 0. The smallest absolute Gasteiger partial charge is 0.338 e. The second kappa shape index (κ2) is 10.2. The lowest BCUT2D eigenvalue weighted by molar-refractivity contribution is -0.124. The summed E-state index contributed by atoms with van der Waals surface area (Å²) < 4.78 is 38.6. The van der Waals surface area contributed by atoms with Gasteiger partial charge in [0.1, 0.15) is 5.75 Å². The number of hydrogen-bond donors (Lipinski definition) is 1. The molecule has 0 spiro atoms. The van der Waals surface area contributed by atoms with Crippen LogP contribution in [0, 0.1) is 0 Å². The third-order valence-corrected chi connectivity index (χ3v) is 7.70. The third-order valence-electron chi connectivity index (χ3n) is 5.77. The number of amides is 1. The molecular weight excluding hydrogens is 468 g/mol. The molecule has 4 rings (SSSR count). The zero-order valence-electron chi connectivity index (χ0n) is 19.4. The van der Waals surface area contributed by atoms with Crippen molar-refractivity contribution < 1.29 is 27.5 Å². The van der Waals surface area contributed by atoms with Gasteiger partial charge in [-0.3, -0.25) is 9.10 Å². The molecule has 0 saturated heterocycles. The van der Waals surface area contributed by atoms with Gasteiger partial charge in [-0.1, -0.05) is 42.5 Å². The third kappa shape index (κ3) is 5.14. The van der Waals surface area contributed by atoms with Crippen LogP contribution in [0.25, 0.3) is 0 Å². The lowest BCUT2D eigenvalue weighted by Gasteiger charge is -2.24. The summed E-state index contributed by atoms with van der Waals surface area (Å²) in [5.74, 6) is -0.641. The first-order valence-corrected chi connectivity index (χ1v) is 12.5. The first kappa shape index (κ1) is 24.3. The lowest BCUT2D eigenvalue weighted by Crippen LogP contribution is -2.35. The fourth-order valence-electron chi connectivity index (χ4n) is 4.11. The molecule has 0 aliphatic carbocycles. The zero-order chi connectivity index (χ0) is 25.0. The number of carbonyl (C=O) groups excluding carboxylic acids is 2. The van der Waals surface area contributed by atoms with Crippen molar-refractivity contribution >= 4 is 27.6 Å². The predicted octanol–water partition coefficient (Wildman–Crippen LogP) is 3.31. The van der Waals surface area contributed by atoms with Crippen LogP contribution in [0.15, 0.2) is 77.7 Å². The van der Waals surface area contributed by atoms with Gasteiger partial charge in [-0.25, -0.2) is 13.2 Å². The van der Waals surface area contributed by atoms with E-state index in [1.165, 1.54) is 28.6 Å². The number of sulfonamides is 1. The van der Waals surface area contributed by atoms with Crippen molar-refractivity contribution in [3.8, 4) is 5.75 Å². The molecule has 3 aromatic rings. The summed E-state index contributed by atoms with van der Waals surface area (Å²) in [7, 11) is -2.36. The van der Waals surface area contributed by atoms with Gasteiger partial charge in [0.05, 0.1) is 23.3 Å². The maximum absolute atomic E-state index is 13.4. The Labute approximate surface area is 204 Å². The predicted molar refractivity (Wildman–Crippen MR) is 131 cm³/mol. The second-order valence-corrected chi connectivity index (χ2v) is 9.99. The molecule has 0 aromatic heterocycles. The SMILES string of the molecule is COc1ccccc1CNC(=O)COC(=O)c1cccc(S(=O)(=O)N2c3ccccc3C[C@@H]2C)c1. The average molecular weight is 495 g/mol. The van der Waals surface area contributed by atoms with Gasteiger partial charge in [0.15, 0.2) is 6.61 Å². The number of para-hydroxylation sites is 2. The van der Waals surface area contributed by atoms with Crippen molar-refractivity contribution in [2.24, 2.45) is 0 Å². The van der Waals surface area contributed by atoms with Crippen molar-refractivity contribution in [3.05, 3.63) is 89.5 Å². The van der Waals surface area contributed by atoms with Gasteiger partial charge in [0.25, 0.3) is 15.9 Å². The standard InChI is InChI=1S/C26H26N2O6S/c1-18-14-19-8-3-5-12-23(19)28(18)35(31,32)22-11-7-10-20(15-22)26(30)34-17-25(29)27-16-21-9-4-6-13-24(21)33-2/h3-13,15,18H,14,16-17H2,1-2H3,(H,27,29)/t18-/m0/s1. The lowest BCUT2D eigenvalue weighted by atomic mass is 10.1. The Morgan fingerprint density at radius 2 is 1.77 bits per heavy atom. The summed E-state index contributed by atoms with van der Waals surface area (Å²) in [6.07, 6.45) is 0.612. The van der Waals surface area contributed by atoms with Gasteiger partial charge in [-0.05, 0) is 49.2 Å². The van der Waals surface area contributed by atoms with Crippen LogP contribution in [0.5, 0.6) is 5.75 Å². The van der Waals surface area contributed by atoms with Crippen LogP contribution in [0.3, 0.4) is 0 Å². The fraction of sp³-hybridized carbons (Fsp3) is 0.231. The van der Waals surface area contributed by atoms with E-state index in [9.17, 15) is 18.0 Å². The van der Waals surface area contributed by atoms with Gasteiger partial charge in [0, 0.05) is 18.2 Å². The Morgan fingerprint density at radius 1 is 1.03 bits per heavy atom. The first-order valence-electron chi connectivity index (χ1n) is 11.1. The van der Waals surface area contributed by atoms with E-state index in [1.807, 2.05) is 37.3 Å². The molecular formula is C26H26N2O6S. The maximum Gasteiger partial charge on any atom is 0.338 e. The average Bonchev–Trinajstić information content (AvgIpc) is 3.22. The summed E-state index contributed by atoms with van der Waals surface area (Å²) in [4.78, 5) is 24.7. The van der Waals surface area contributed by atoms with E-state index in [4.69, 9.17) is 9.47 Å². The second-order valence-electron chi connectivity index (χ2n) is 8.18. The maximum atomic E-state index is 13.4. The summed E-state index contributed by atoms with van der Waals surface area (Å²) in [6.45, 7) is 1.56. The highest BCUT2D eigenvalue weighted by Gasteiger charge is 2.36. The molecule has 0 unspecified atom stereocenters. The minimum Gasteiger partial charge on any atom is -0.496 e. The summed E-state index contributed by atoms with van der Waals surface area (Å²) in [5.41, 5.74) is 2.42. The monoisotopic (exact) mass is 494 g/mol. The highest BCUT2D eigenvalue weighted by molar-refractivity contribution is 7.92. The normalized spacial score (nSPS) is 14.8. The molecule has 3 aromatic carbocycles. The van der Waals surface area contributed by atoms with Gasteiger partial charge >= 0.3 is 5.97 Å². The number of fused-ring (bicyclic) bond motifs is 1. The molecule has 1 N–H and O–H groups in total. The van der Waals surface area contributed by atoms with Gasteiger partial charge < -0.3 is 14.8 Å². The highest BCUT2D eigenvalue weighted by atomic mass is 32.2. The molecule has 1 amide bonds. The van der Waals surface area contributed by atoms with E-state index >= 15 is 0 Å². The van der Waals surface area contributed by atoms with Crippen LogP contribution in [0.2, 0.25) is 0 Å². The van der Waals surface area contributed by atoms with Crippen LogP contribution in [-0.4, -0.2) is 40.1 Å². The van der Waals surface area contributed by atoms with E-state index in [-0.39, 0.29) is 23.0 Å². The van der Waals surface area contributed by atoms with Crippen LogP contribution >= 0.6 is 0 Å². The molecule has 182 valence electrons. The van der Waals surface area contributed by atoms with E-state index < -0.39 is 28.5 Å². The van der Waals surface area contributed by atoms with E-state index in [0.29, 0.717) is 17.9 Å². The molecule has 1 aliphatic rings. The van der Waals surface area contributed by atoms with Crippen molar-refractivity contribution in [1.29, 1.82) is 0 Å². The number of esters is 1. The van der Waals surface area contributed by atoms with Gasteiger partial charge in [0.2, 0.25) is 0 Å². The van der Waals surface area contributed by atoms with Crippen molar-refractivity contribution in [2.75, 3.05) is 18.0 Å². The highest BCUT2D eigenvalue weighted by Crippen LogP contribution is 2.36. The van der Waals surface area contributed by atoms with Crippen molar-refractivity contribution in [1.82, 2.24) is 5.32 Å². The van der Waals surface area contributed by atoms with Gasteiger partial charge in [-0.15, -0.1) is 0 Å². The number of anilines is 1. The Balaban J connectivity index is 1.41. The molecule has 1 atom stereocenters. The quantitative estimate of drug-likeness (QED) is 0.482. The number of ether oxygens (including phenoxy) is 2. The molecule has 35 heavy (non-hydrogen) atoms. The number of hydrogen-bond acceptors (Lipinski definition) is 6. The van der Waals surface area contributed by atoms with E-state index in [0.717, 1.165) is 11.1 Å². The van der Waals surface area contributed by atoms with E-state index in [1.54, 1.807) is 25.3 Å². The first-order chi connectivity index (χ1) is 16.8. The van der Waals surface area contributed by atoms with Crippen LogP contribution in [0.4, 0.5) is 5.69 Å². The number of carbonyl (C=O) groups is 2. The molecule has 0 radical (unpaired) electrons. The zero-order valence-corrected chi connectivity index (χ0v) is 20.2. The van der Waals surface area contributed by atoms with Crippen LogP contribution in [0.1, 0.15) is 28.4 Å². The van der Waals surface area contributed by atoms with Gasteiger partial charge in [-0.2, -0.15) is 0 Å². The number of methoxy groups -OCH3 is 1. The fourth-order valence-corrected chi connectivity index (χ4v) is 5.85. The van der Waals surface area contributed by atoms with Crippen LogP contribution < -0.4 is 14.4 Å². The topological polar surface area (TPSA) is 102 Å². The molecule has 8 nitrogen and oxygen atoms in total. The van der Waals surface area contributed by atoms with E-state index in [2.05, 4.69) is 5.32 Å². The summed E-state index contributed by atoms with van der Waals surface area (Å²) in [6, 6.07) is 20.0. The van der Waals surface area contributed by atoms with Crippen LogP contribution in [-0.2, 0) is 32.5 Å². The Hall–Kier alpha value is -3.85. The number of rotatable bonds is 8. The number of nitrogens with zero attached hydrogens (tertiary/aromatic N) is 1. The Kier molecular flexibility index (Phi) is 7.07. The Bertz CT molecular complexity index is 1360. The largest absolute Gasteiger partial charge is 0.496 e.